The van der Waals surface area contributed by atoms with Gasteiger partial charge in [-0.05, 0) is 74.2 Å². The van der Waals surface area contributed by atoms with E-state index in [4.69, 9.17) is 9.47 Å². The third kappa shape index (κ3) is 5.16. The van der Waals surface area contributed by atoms with Crippen LogP contribution >= 0.6 is 0 Å². The first-order valence-corrected chi connectivity index (χ1v) is 12.3. The van der Waals surface area contributed by atoms with Crippen LogP contribution in [-0.2, 0) is 25.5 Å². The summed E-state index contributed by atoms with van der Waals surface area (Å²) in [4.78, 5) is 44.4. The number of ether oxygens (including phenoxy) is 2. The topological polar surface area (TPSA) is 106 Å². The Hall–Kier alpha value is -4.46. The average Bonchev–Trinajstić information content (AvgIpc) is 3.14. The van der Waals surface area contributed by atoms with Crippen LogP contribution in [0.15, 0.2) is 66.5 Å². The Labute approximate surface area is 221 Å². The summed E-state index contributed by atoms with van der Waals surface area (Å²) in [6, 6.07) is 12.9. The summed E-state index contributed by atoms with van der Waals surface area (Å²) in [6.07, 6.45) is 3.01. The molecule has 1 atom stereocenters. The number of carbonyl (C=O) groups excluding carboxylic acids is 3. The maximum Gasteiger partial charge on any atom is 0.310 e. The van der Waals surface area contributed by atoms with Gasteiger partial charge in [-0.15, -0.1) is 0 Å². The maximum atomic E-state index is 13.4. The van der Waals surface area contributed by atoms with Crippen LogP contribution in [0.1, 0.15) is 47.7 Å². The van der Waals surface area contributed by atoms with Gasteiger partial charge in [-0.25, -0.2) is 0 Å². The molecule has 1 aliphatic heterocycles. The number of aliphatic hydroxyl groups excluding tert-OH is 1. The van der Waals surface area contributed by atoms with E-state index in [1.807, 2.05) is 19.9 Å². The molecular weight excluding hydrogens is 484 g/mol. The number of aryl methyl sites for hydroxylation is 2. The summed E-state index contributed by atoms with van der Waals surface area (Å²) in [6.45, 7) is 7.28. The number of amides is 1. The number of esters is 1. The number of hydrogen-bond acceptors (Lipinski definition) is 7. The van der Waals surface area contributed by atoms with E-state index in [-0.39, 0.29) is 29.8 Å². The molecular formula is C30H30N2O6. The summed E-state index contributed by atoms with van der Waals surface area (Å²) in [7, 11) is 1.49. The van der Waals surface area contributed by atoms with Gasteiger partial charge in [-0.2, -0.15) is 0 Å². The Bertz CT molecular complexity index is 1410. The lowest BCUT2D eigenvalue weighted by Gasteiger charge is -2.25. The predicted octanol–water partition coefficient (Wildman–Crippen LogP) is 4.83. The van der Waals surface area contributed by atoms with Crippen LogP contribution < -0.4 is 9.64 Å². The molecule has 4 rings (SSSR count). The molecule has 0 radical (unpaired) electrons. The predicted molar refractivity (Wildman–Crippen MR) is 143 cm³/mol. The first-order chi connectivity index (χ1) is 18.1. The standard InChI is InChI=1S/C30H30N2O6/c1-17(2)38-24(33)15-20-8-10-22(11-9-20)32-26(21-7-6-12-31-16-21)25(28(35)30(32)36)27(34)23-14-18(3)13-19(4)29(23)37-5/h6-14,16-17,26,34H,15H2,1-5H3/b27-25+. The van der Waals surface area contributed by atoms with Gasteiger partial charge >= 0.3 is 5.97 Å². The smallest absolute Gasteiger partial charge is 0.310 e. The number of hydrogen-bond donors (Lipinski definition) is 1. The lowest BCUT2D eigenvalue weighted by molar-refractivity contribution is -0.146. The summed E-state index contributed by atoms with van der Waals surface area (Å²) in [5, 5.41) is 11.5. The van der Waals surface area contributed by atoms with Gasteiger partial charge in [0.25, 0.3) is 11.7 Å². The van der Waals surface area contributed by atoms with E-state index in [1.165, 1.54) is 12.0 Å². The molecule has 2 aromatic carbocycles. The van der Waals surface area contributed by atoms with Gasteiger partial charge in [-0.1, -0.05) is 24.3 Å². The van der Waals surface area contributed by atoms with Gasteiger partial charge in [0.1, 0.15) is 11.5 Å². The Balaban J connectivity index is 1.83. The highest BCUT2D eigenvalue weighted by molar-refractivity contribution is 6.51. The van der Waals surface area contributed by atoms with Gasteiger partial charge in [0.05, 0.1) is 36.8 Å². The molecule has 0 aliphatic carbocycles. The van der Waals surface area contributed by atoms with Crippen molar-refractivity contribution in [3.05, 3.63) is 94.3 Å². The van der Waals surface area contributed by atoms with Crippen LogP contribution in [0.25, 0.3) is 5.76 Å². The van der Waals surface area contributed by atoms with Crippen molar-refractivity contribution >= 4 is 29.1 Å². The number of benzene rings is 2. The van der Waals surface area contributed by atoms with Gasteiger partial charge in [-0.3, -0.25) is 24.3 Å². The number of rotatable bonds is 7. The van der Waals surface area contributed by atoms with Gasteiger partial charge < -0.3 is 14.6 Å². The van der Waals surface area contributed by atoms with Crippen LogP contribution in [0.3, 0.4) is 0 Å². The zero-order valence-electron chi connectivity index (χ0n) is 22.0. The molecule has 196 valence electrons. The molecule has 2 heterocycles. The maximum absolute atomic E-state index is 13.4. The molecule has 1 saturated heterocycles. The first-order valence-electron chi connectivity index (χ1n) is 12.3. The number of methoxy groups -OCH3 is 1. The first kappa shape index (κ1) is 26.6. The Morgan fingerprint density at radius 1 is 1.11 bits per heavy atom. The van der Waals surface area contributed by atoms with Crippen molar-refractivity contribution in [1.82, 2.24) is 4.98 Å². The SMILES string of the molecule is COc1c(C)cc(C)cc1/C(O)=C1\C(=O)C(=O)N(c2ccc(CC(=O)OC(C)C)cc2)C1c1cccnc1. The molecule has 1 amide bonds. The Kier molecular flexibility index (Phi) is 7.62. The fourth-order valence-electron chi connectivity index (χ4n) is 4.74. The van der Waals surface area contributed by atoms with Crippen molar-refractivity contribution in [3.8, 4) is 5.75 Å². The minimum atomic E-state index is -0.925. The Morgan fingerprint density at radius 2 is 1.82 bits per heavy atom. The normalized spacial score (nSPS) is 16.7. The number of nitrogens with zero attached hydrogens (tertiary/aromatic N) is 2. The number of anilines is 1. The number of carbonyl (C=O) groups is 3. The third-order valence-electron chi connectivity index (χ3n) is 6.25. The fraction of sp³-hybridized carbons (Fsp3) is 0.267. The fourth-order valence-corrected chi connectivity index (χ4v) is 4.74. The van der Waals surface area contributed by atoms with Crippen LogP contribution in [0.2, 0.25) is 0 Å². The van der Waals surface area contributed by atoms with Crippen LogP contribution in [0, 0.1) is 13.8 Å². The van der Waals surface area contributed by atoms with E-state index in [9.17, 15) is 19.5 Å². The highest BCUT2D eigenvalue weighted by Gasteiger charge is 2.47. The van der Waals surface area contributed by atoms with Crippen LogP contribution in [-0.4, -0.2) is 41.0 Å². The molecule has 1 fully saturated rings. The van der Waals surface area contributed by atoms with Gasteiger partial charge in [0.15, 0.2) is 0 Å². The molecule has 1 aromatic heterocycles. The third-order valence-corrected chi connectivity index (χ3v) is 6.25. The molecule has 0 bridgehead atoms. The molecule has 8 nitrogen and oxygen atoms in total. The molecule has 0 spiro atoms. The van der Waals surface area contributed by atoms with Crippen molar-refractivity contribution < 1.29 is 29.0 Å². The van der Waals surface area contributed by atoms with Crippen molar-refractivity contribution in [2.24, 2.45) is 0 Å². The second kappa shape index (κ2) is 10.9. The summed E-state index contributed by atoms with van der Waals surface area (Å²) < 4.78 is 10.8. The molecule has 0 saturated carbocycles. The molecule has 1 unspecified atom stereocenters. The molecule has 3 aromatic rings. The quantitative estimate of drug-likeness (QED) is 0.208. The Morgan fingerprint density at radius 3 is 2.42 bits per heavy atom. The summed E-state index contributed by atoms with van der Waals surface area (Å²) in [5.41, 5.74) is 3.62. The summed E-state index contributed by atoms with van der Waals surface area (Å²) >= 11 is 0. The lowest BCUT2D eigenvalue weighted by atomic mass is 9.94. The van der Waals surface area contributed by atoms with Crippen molar-refractivity contribution in [2.45, 2.75) is 46.3 Å². The van der Waals surface area contributed by atoms with Gasteiger partial charge in [0.2, 0.25) is 0 Å². The largest absolute Gasteiger partial charge is 0.507 e. The number of Topliss-reactive ketones (excluding diaryl/α,β-unsaturated/α-hetero) is 1. The molecule has 1 aliphatic rings. The van der Waals surface area contributed by atoms with E-state index in [2.05, 4.69) is 4.98 Å². The number of pyridine rings is 1. The summed E-state index contributed by atoms with van der Waals surface area (Å²) in [5.74, 6) is -1.86. The second-order valence-corrected chi connectivity index (χ2v) is 9.50. The van der Waals surface area contributed by atoms with E-state index < -0.39 is 17.7 Å². The average molecular weight is 515 g/mol. The molecule has 38 heavy (non-hydrogen) atoms. The van der Waals surface area contributed by atoms with E-state index in [1.54, 1.807) is 68.7 Å². The van der Waals surface area contributed by atoms with E-state index in [0.717, 1.165) is 11.1 Å². The number of aromatic nitrogens is 1. The van der Waals surface area contributed by atoms with E-state index >= 15 is 0 Å². The highest BCUT2D eigenvalue weighted by Crippen LogP contribution is 2.43. The van der Waals surface area contributed by atoms with Crippen molar-refractivity contribution in [3.63, 3.8) is 0 Å². The monoisotopic (exact) mass is 514 g/mol. The second-order valence-electron chi connectivity index (χ2n) is 9.50. The van der Waals surface area contributed by atoms with E-state index in [0.29, 0.717) is 28.1 Å². The van der Waals surface area contributed by atoms with Crippen LogP contribution in [0.4, 0.5) is 5.69 Å². The van der Waals surface area contributed by atoms with Crippen molar-refractivity contribution in [1.29, 1.82) is 0 Å². The number of aliphatic hydroxyl groups is 1. The lowest BCUT2D eigenvalue weighted by Crippen LogP contribution is -2.29. The minimum absolute atomic E-state index is 0.0594. The van der Waals surface area contributed by atoms with Crippen LogP contribution in [0.5, 0.6) is 5.75 Å². The zero-order valence-corrected chi connectivity index (χ0v) is 22.0. The molecule has 1 N–H and O–H groups in total. The zero-order chi connectivity index (χ0) is 27.6. The number of ketones is 1. The molecule has 8 heteroatoms. The minimum Gasteiger partial charge on any atom is -0.507 e. The van der Waals surface area contributed by atoms with Crippen molar-refractivity contribution in [2.75, 3.05) is 12.0 Å². The van der Waals surface area contributed by atoms with Gasteiger partial charge in [0, 0.05) is 18.1 Å². The highest BCUT2D eigenvalue weighted by atomic mass is 16.5.